The van der Waals surface area contributed by atoms with E-state index in [0.29, 0.717) is 10.0 Å². The van der Waals surface area contributed by atoms with Crippen molar-refractivity contribution in [3.63, 3.8) is 0 Å². The van der Waals surface area contributed by atoms with Crippen LogP contribution in [0.1, 0.15) is 24.3 Å². The summed E-state index contributed by atoms with van der Waals surface area (Å²) in [5.74, 6) is 0.177. The van der Waals surface area contributed by atoms with Gasteiger partial charge in [0.1, 0.15) is 0 Å². The second-order valence-corrected chi connectivity index (χ2v) is 5.85. The first-order valence-corrected chi connectivity index (χ1v) is 7.33. The van der Waals surface area contributed by atoms with Gasteiger partial charge in [0.2, 0.25) is 0 Å². The van der Waals surface area contributed by atoms with Crippen LogP contribution in [0.25, 0.3) is 0 Å². The van der Waals surface area contributed by atoms with Crippen molar-refractivity contribution in [3.8, 4) is 0 Å². The number of nitrogens with one attached hydrogen (secondary N) is 1. The van der Waals surface area contributed by atoms with Gasteiger partial charge >= 0.3 is 0 Å². The highest BCUT2D eigenvalue weighted by Gasteiger charge is 2.30. The van der Waals surface area contributed by atoms with E-state index < -0.39 is 6.10 Å². The zero-order valence-corrected chi connectivity index (χ0v) is 12.2. The average Bonchev–Trinajstić information content (AvgIpc) is 2.66. The summed E-state index contributed by atoms with van der Waals surface area (Å²) < 4.78 is 0. The lowest BCUT2D eigenvalue weighted by Crippen LogP contribution is -2.32. The maximum absolute atomic E-state index is 10.0. The lowest BCUT2D eigenvalue weighted by Gasteiger charge is -2.29. The molecule has 1 heterocycles. The number of hydrogen-bond acceptors (Lipinski definition) is 3. The molecule has 19 heavy (non-hydrogen) atoms. The van der Waals surface area contributed by atoms with E-state index in [2.05, 4.69) is 5.32 Å². The smallest absolute Gasteiger partial charge is 0.0805 e. The Kier molecular flexibility index (Phi) is 5.48. The predicted molar refractivity (Wildman–Crippen MR) is 77.9 cm³/mol. The van der Waals surface area contributed by atoms with Crippen molar-refractivity contribution >= 4 is 23.2 Å². The fourth-order valence-electron chi connectivity index (χ4n) is 2.78. The molecule has 106 valence electrons. The van der Waals surface area contributed by atoms with E-state index in [4.69, 9.17) is 23.2 Å². The summed E-state index contributed by atoms with van der Waals surface area (Å²) in [4.78, 5) is 0. The van der Waals surface area contributed by atoms with Crippen LogP contribution in [-0.2, 0) is 0 Å². The van der Waals surface area contributed by atoms with Gasteiger partial charge in [-0.2, -0.15) is 0 Å². The SMILES string of the molecule is OC[C@H](O)[C@@H]1CCCNC[C@H]1c1ccc(Cl)c(Cl)c1. The largest absolute Gasteiger partial charge is 0.394 e. The van der Waals surface area contributed by atoms with Gasteiger partial charge in [0, 0.05) is 12.5 Å². The Bertz CT molecular complexity index is 428. The first-order chi connectivity index (χ1) is 9.13. The zero-order valence-electron chi connectivity index (χ0n) is 10.6. The van der Waals surface area contributed by atoms with Crippen molar-refractivity contribution in [3.05, 3.63) is 33.8 Å². The highest BCUT2D eigenvalue weighted by atomic mass is 35.5. The van der Waals surface area contributed by atoms with Crippen LogP contribution in [-0.4, -0.2) is 36.0 Å². The quantitative estimate of drug-likeness (QED) is 0.804. The maximum Gasteiger partial charge on any atom is 0.0805 e. The predicted octanol–water partition coefficient (Wildman–Crippen LogP) is 2.43. The van der Waals surface area contributed by atoms with Gasteiger partial charge < -0.3 is 15.5 Å². The number of halogens is 2. The van der Waals surface area contributed by atoms with Gasteiger partial charge in [0.25, 0.3) is 0 Å². The number of hydrogen-bond donors (Lipinski definition) is 3. The molecule has 3 nitrogen and oxygen atoms in total. The highest BCUT2D eigenvalue weighted by molar-refractivity contribution is 6.42. The van der Waals surface area contributed by atoms with Crippen LogP contribution in [0, 0.1) is 5.92 Å². The Morgan fingerprint density at radius 2 is 2.11 bits per heavy atom. The molecular formula is C14H19Cl2NO2. The van der Waals surface area contributed by atoms with Gasteiger partial charge in [-0.3, -0.25) is 0 Å². The molecule has 0 aliphatic carbocycles. The Labute approximate surface area is 123 Å². The van der Waals surface area contributed by atoms with E-state index in [1.807, 2.05) is 12.1 Å². The highest BCUT2D eigenvalue weighted by Crippen LogP contribution is 2.34. The minimum absolute atomic E-state index is 0.0391. The van der Waals surface area contributed by atoms with Crippen molar-refractivity contribution in [1.29, 1.82) is 0 Å². The lowest BCUT2D eigenvalue weighted by atomic mass is 9.80. The molecule has 0 bridgehead atoms. The molecule has 1 aromatic carbocycles. The third-order valence-corrected chi connectivity index (χ3v) is 4.56. The van der Waals surface area contributed by atoms with Crippen molar-refractivity contribution in [2.75, 3.05) is 19.7 Å². The molecule has 1 fully saturated rings. The van der Waals surface area contributed by atoms with Gasteiger partial charge in [0.05, 0.1) is 22.8 Å². The molecule has 2 rings (SSSR count). The summed E-state index contributed by atoms with van der Waals surface area (Å²) in [5.41, 5.74) is 1.06. The zero-order chi connectivity index (χ0) is 13.8. The molecule has 0 aromatic heterocycles. The second-order valence-electron chi connectivity index (χ2n) is 5.04. The Balaban J connectivity index is 2.28. The van der Waals surface area contributed by atoms with Crippen molar-refractivity contribution in [1.82, 2.24) is 5.32 Å². The van der Waals surface area contributed by atoms with Crippen LogP contribution < -0.4 is 5.32 Å². The van der Waals surface area contributed by atoms with Crippen LogP contribution in [0.4, 0.5) is 0 Å². The maximum atomic E-state index is 10.0. The fraction of sp³-hybridized carbons (Fsp3) is 0.571. The van der Waals surface area contributed by atoms with Crippen LogP contribution in [0.5, 0.6) is 0 Å². The van der Waals surface area contributed by atoms with Gasteiger partial charge in [-0.05, 0) is 43.0 Å². The first-order valence-electron chi connectivity index (χ1n) is 6.58. The number of aliphatic hydroxyl groups excluding tert-OH is 2. The Morgan fingerprint density at radius 1 is 1.32 bits per heavy atom. The molecule has 1 saturated heterocycles. The van der Waals surface area contributed by atoms with E-state index in [0.717, 1.165) is 31.5 Å². The van der Waals surface area contributed by atoms with Crippen LogP contribution in [0.2, 0.25) is 10.0 Å². The van der Waals surface area contributed by atoms with Crippen LogP contribution in [0.15, 0.2) is 18.2 Å². The molecule has 0 radical (unpaired) electrons. The summed E-state index contributed by atoms with van der Waals surface area (Å²) in [6, 6.07) is 5.59. The third-order valence-electron chi connectivity index (χ3n) is 3.83. The van der Waals surface area contributed by atoms with E-state index in [1.54, 1.807) is 6.07 Å². The van der Waals surface area contributed by atoms with Gasteiger partial charge in [-0.25, -0.2) is 0 Å². The van der Waals surface area contributed by atoms with Crippen molar-refractivity contribution in [2.24, 2.45) is 5.92 Å². The van der Waals surface area contributed by atoms with Crippen molar-refractivity contribution < 1.29 is 10.2 Å². The molecule has 3 atom stereocenters. The number of rotatable bonds is 3. The number of aliphatic hydroxyl groups is 2. The molecule has 0 saturated carbocycles. The minimum Gasteiger partial charge on any atom is -0.394 e. The van der Waals surface area contributed by atoms with Gasteiger partial charge in [-0.1, -0.05) is 29.3 Å². The molecule has 1 aliphatic heterocycles. The molecule has 5 heteroatoms. The Hall–Kier alpha value is -0.320. The minimum atomic E-state index is -0.695. The Morgan fingerprint density at radius 3 is 2.79 bits per heavy atom. The van der Waals surface area contributed by atoms with Gasteiger partial charge in [0.15, 0.2) is 0 Å². The first kappa shape index (κ1) is 15.1. The van der Waals surface area contributed by atoms with Gasteiger partial charge in [-0.15, -0.1) is 0 Å². The summed E-state index contributed by atoms with van der Waals surface area (Å²) in [5, 5.41) is 23.7. The monoisotopic (exact) mass is 303 g/mol. The lowest BCUT2D eigenvalue weighted by molar-refractivity contribution is 0.0348. The molecule has 0 unspecified atom stereocenters. The molecule has 1 aromatic rings. The molecule has 3 N–H and O–H groups in total. The fourth-order valence-corrected chi connectivity index (χ4v) is 3.08. The summed E-state index contributed by atoms with van der Waals surface area (Å²) in [6.45, 7) is 1.51. The molecule has 0 amide bonds. The van der Waals surface area contributed by atoms with E-state index >= 15 is 0 Å². The average molecular weight is 304 g/mol. The third kappa shape index (κ3) is 3.61. The molecule has 1 aliphatic rings. The summed E-state index contributed by atoms with van der Waals surface area (Å²) in [7, 11) is 0. The summed E-state index contributed by atoms with van der Waals surface area (Å²) in [6.07, 6.45) is 1.19. The van der Waals surface area contributed by atoms with Crippen molar-refractivity contribution in [2.45, 2.75) is 24.9 Å². The van der Waals surface area contributed by atoms with E-state index in [9.17, 15) is 10.2 Å². The van der Waals surface area contributed by atoms with Crippen LogP contribution >= 0.6 is 23.2 Å². The number of benzene rings is 1. The summed E-state index contributed by atoms with van der Waals surface area (Å²) >= 11 is 12.0. The molecule has 0 spiro atoms. The topological polar surface area (TPSA) is 52.5 Å². The van der Waals surface area contributed by atoms with Crippen LogP contribution in [0.3, 0.4) is 0 Å². The van der Waals surface area contributed by atoms with E-state index in [1.165, 1.54) is 0 Å². The normalized spacial score (nSPS) is 25.9. The second kappa shape index (κ2) is 6.91. The molecular weight excluding hydrogens is 285 g/mol. The standard InChI is InChI=1S/C14H19Cl2NO2/c15-12-4-3-9(6-13(12)16)11-7-17-5-1-2-10(11)14(19)8-18/h3-4,6,10-11,14,17-19H,1-2,5,7-8H2/t10-,11+,14+/m1/s1. The van der Waals surface area contributed by atoms with E-state index in [-0.39, 0.29) is 18.4 Å².